The second-order valence-electron chi connectivity index (χ2n) is 5.86. The van der Waals surface area contributed by atoms with Gasteiger partial charge >= 0.3 is 0 Å². The van der Waals surface area contributed by atoms with Crippen molar-refractivity contribution >= 4 is 11.9 Å². The van der Waals surface area contributed by atoms with E-state index in [0.29, 0.717) is 5.92 Å². The van der Waals surface area contributed by atoms with E-state index in [1.807, 2.05) is 0 Å². The Bertz CT molecular complexity index is 448. The first-order valence-electron chi connectivity index (χ1n) is 6.63. The molecule has 1 aromatic rings. The van der Waals surface area contributed by atoms with Crippen LogP contribution in [0.4, 0.5) is 5.95 Å². The monoisotopic (exact) mass is 263 g/mol. The minimum Gasteiger partial charge on any atom is -0.327 e. The smallest absolute Gasteiger partial charge is 0.249 e. The van der Waals surface area contributed by atoms with Crippen molar-refractivity contribution in [3.8, 4) is 0 Å². The van der Waals surface area contributed by atoms with Gasteiger partial charge in [-0.05, 0) is 24.2 Å². The van der Waals surface area contributed by atoms with E-state index in [-0.39, 0.29) is 29.2 Å². The fraction of sp³-hybridized carbons (Fsp3) is 0.692. The lowest BCUT2D eigenvalue weighted by Gasteiger charge is -2.45. The predicted octanol–water partition coefficient (Wildman–Crippen LogP) is 1.21. The lowest BCUT2D eigenvalue weighted by Crippen LogP contribution is -2.50. The average molecular weight is 263 g/mol. The summed E-state index contributed by atoms with van der Waals surface area (Å²) in [5.74, 6) is 0.431. The number of carbonyl (C=O) groups is 1. The molecule has 0 bridgehead atoms. The van der Waals surface area contributed by atoms with E-state index in [0.717, 1.165) is 12.8 Å². The maximum absolute atomic E-state index is 12.4. The zero-order chi connectivity index (χ0) is 14.0. The molecule has 6 nitrogen and oxygen atoms in total. The molecule has 3 unspecified atom stereocenters. The number of nitrogens with zero attached hydrogens (tertiary/aromatic N) is 3. The Hall–Kier alpha value is -1.56. The Morgan fingerprint density at radius 3 is 2.79 bits per heavy atom. The SMILES string of the molecule is CC1C(N)CCC(C(=O)Nc2nccnn2)C1(C)C. The molecule has 1 fully saturated rings. The molecule has 19 heavy (non-hydrogen) atoms. The van der Waals surface area contributed by atoms with Crippen molar-refractivity contribution in [3.05, 3.63) is 12.4 Å². The van der Waals surface area contributed by atoms with Crippen molar-refractivity contribution in [1.29, 1.82) is 0 Å². The highest BCUT2D eigenvalue weighted by Crippen LogP contribution is 2.44. The fourth-order valence-corrected chi connectivity index (χ4v) is 2.82. The summed E-state index contributed by atoms with van der Waals surface area (Å²) in [4.78, 5) is 16.3. The summed E-state index contributed by atoms with van der Waals surface area (Å²) in [6.45, 7) is 6.32. The fourth-order valence-electron chi connectivity index (χ4n) is 2.82. The highest BCUT2D eigenvalue weighted by atomic mass is 16.2. The molecule has 6 heteroatoms. The van der Waals surface area contributed by atoms with Crippen molar-refractivity contribution in [2.75, 3.05) is 5.32 Å². The van der Waals surface area contributed by atoms with Crippen molar-refractivity contribution in [2.24, 2.45) is 23.0 Å². The maximum atomic E-state index is 12.4. The topological polar surface area (TPSA) is 93.8 Å². The lowest BCUT2D eigenvalue weighted by atomic mass is 9.61. The molecule has 1 heterocycles. The Balaban J connectivity index is 2.11. The summed E-state index contributed by atoms with van der Waals surface area (Å²) in [6, 6.07) is 0.161. The number of amides is 1. The van der Waals surface area contributed by atoms with Crippen LogP contribution in [0, 0.1) is 17.3 Å². The summed E-state index contributed by atoms with van der Waals surface area (Å²) < 4.78 is 0. The predicted molar refractivity (Wildman–Crippen MR) is 72.1 cm³/mol. The van der Waals surface area contributed by atoms with Gasteiger partial charge in [-0.3, -0.25) is 10.1 Å². The summed E-state index contributed by atoms with van der Waals surface area (Å²) >= 11 is 0. The third-order valence-corrected chi connectivity index (χ3v) is 4.54. The number of aromatic nitrogens is 3. The van der Waals surface area contributed by atoms with Gasteiger partial charge in [0.15, 0.2) is 0 Å². The Labute approximate surface area is 113 Å². The van der Waals surface area contributed by atoms with Gasteiger partial charge in [0.2, 0.25) is 11.9 Å². The summed E-state index contributed by atoms with van der Waals surface area (Å²) in [6.07, 6.45) is 4.65. The number of carbonyl (C=O) groups excluding carboxylic acids is 1. The molecule has 104 valence electrons. The van der Waals surface area contributed by atoms with Crippen LogP contribution in [0.2, 0.25) is 0 Å². The number of nitrogens with one attached hydrogen (secondary N) is 1. The van der Waals surface area contributed by atoms with Crippen molar-refractivity contribution < 1.29 is 4.79 Å². The second-order valence-corrected chi connectivity index (χ2v) is 5.86. The number of hydrogen-bond acceptors (Lipinski definition) is 5. The average Bonchev–Trinajstić information content (AvgIpc) is 2.37. The van der Waals surface area contributed by atoms with E-state index in [1.54, 1.807) is 0 Å². The van der Waals surface area contributed by atoms with Gasteiger partial charge < -0.3 is 5.73 Å². The number of anilines is 1. The van der Waals surface area contributed by atoms with E-state index in [1.165, 1.54) is 12.4 Å². The van der Waals surface area contributed by atoms with Gasteiger partial charge in [0.25, 0.3) is 0 Å². The van der Waals surface area contributed by atoms with Gasteiger partial charge in [0.05, 0.1) is 12.4 Å². The number of nitrogens with two attached hydrogens (primary N) is 1. The molecular formula is C13H21N5O. The van der Waals surface area contributed by atoms with E-state index in [9.17, 15) is 4.79 Å². The van der Waals surface area contributed by atoms with Crippen LogP contribution in [-0.2, 0) is 4.79 Å². The van der Waals surface area contributed by atoms with Crippen molar-refractivity contribution in [2.45, 2.75) is 39.7 Å². The van der Waals surface area contributed by atoms with E-state index in [2.05, 4.69) is 41.3 Å². The molecule has 0 aromatic carbocycles. The Morgan fingerprint density at radius 1 is 1.42 bits per heavy atom. The Morgan fingerprint density at radius 2 is 2.16 bits per heavy atom. The van der Waals surface area contributed by atoms with E-state index >= 15 is 0 Å². The molecule has 0 radical (unpaired) electrons. The first kappa shape index (κ1) is 13.9. The van der Waals surface area contributed by atoms with E-state index in [4.69, 9.17) is 5.73 Å². The minimum absolute atomic E-state index is 0.0447. The second kappa shape index (κ2) is 5.21. The van der Waals surface area contributed by atoms with Gasteiger partial charge in [-0.15, -0.1) is 5.10 Å². The molecular weight excluding hydrogens is 242 g/mol. The van der Waals surface area contributed by atoms with Gasteiger partial charge in [-0.25, -0.2) is 4.98 Å². The molecule has 0 saturated heterocycles. The van der Waals surface area contributed by atoms with Crippen molar-refractivity contribution in [1.82, 2.24) is 15.2 Å². The highest BCUT2D eigenvalue weighted by molar-refractivity contribution is 5.91. The molecule has 1 saturated carbocycles. The normalized spacial score (nSPS) is 29.8. The van der Waals surface area contributed by atoms with Gasteiger partial charge in [0.1, 0.15) is 0 Å². The molecule has 3 N–H and O–H groups in total. The number of rotatable bonds is 2. The molecule has 0 spiro atoms. The molecule has 3 atom stereocenters. The first-order valence-corrected chi connectivity index (χ1v) is 6.63. The van der Waals surface area contributed by atoms with E-state index < -0.39 is 0 Å². The summed E-state index contributed by atoms with van der Waals surface area (Å²) in [5.41, 5.74) is 5.97. The highest BCUT2D eigenvalue weighted by Gasteiger charge is 2.45. The zero-order valence-corrected chi connectivity index (χ0v) is 11.6. The zero-order valence-electron chi connectivity index (χ0n) is 11.6. The Kier molecular flexibility index (Phi) is 3.80. The molecule has 1 aliphatic carbocycles. The number of hydrogen-bond donors (Lipinski definition) is 2. The minimum atomic E-state index is -0.135. The van der Waals surface area contributed by atoms with Gasteiger partial charge in [-0.1, -0.05) is 20.8 Å². The molecule has 1 aliphatic rings. The van der Waals surface area contributed by atoms with Gasteiger partial charge in [-0.2, -0.15) is 5.10 Å². The quantitative estimate of drug-likeness (QED) is 0.836. The first-order chi connectivity index (χ1) is 8.93. The van der Waals surface area contributed by atoms with Gasteiger partial charge in [0, 0.05) is 12.0 Å². The van der Waals surface area contributed by atoms with Crippen LogP contribution in [0.3, 0.4) is 0 Å². The summed E-state index contributed by atoms with van der Waals surface area (Å²) in [7, 11) is 0. The third kappa shape index (κ3) is 2.73. The lowest BCUT2D eigenvalue weighted by molar-refractivity contribution is -0.127. The van der Waals surface area contributed by atoms with Crippen LogP contribution in [-0.4, -0.2) is 27.1 Å². The van der Waals surface area contributed by atoms with Crippen LogP contribution in [0.25, 0.3) is 0 Å². The van der Waals surface area contributed by atoms with Crippen LogP contribution in [0.15, 0.2) is 12.4 Å². The van der Waals surface area contributed by atoms with Crippen LogP contribution >= 0.6 is 0 Å². The molecule has 2 rings (SSSR count). The van der Waals surface area contributed by atoms with Crippen LogP contribution in [0.5, 0.6) is 0 Å². The van der Waals surface area contributed by atoms with Crippen LogP contribution < -0.4 is 11.1 Å². The van der Waals surface area contributed by atoms with Crippen molar-refractivity contribution in [3.63, 3.8) is 0 Å². The summed E-state index contributed by atoms with van der Waals surface area (Å²) in [5, 5.41) is 10.2. The largest absolute Gasteiger partial charge is 0.327 e. The standard InChI is InChI=1S/C13H21N5O/c1-8-10(14)5-4-9(13(8,2)3)11(19)17-12-15-6-7-16-18-12/h6-10H,4-5,14H2,1-3H3,(H,15,17,18,19). The molecule has 0 aliphatic heterocycles. The van der Waals surface area contributed by atoms with Crippen LogP contribution in [0.1, 0.15) is 33.6 Å². The third-order valence-electron chi connectivity index (χ3n) is 4.54. The molecule has 1 aromatic heterocycles. The maximum Gasteiger partial charge on any atom is 0.249 e. The molecule has 1 amide bonds.